The van der Waals surface area contributed by atoms with E-state index >= 15 is 4.39 Å². The first-order valence-corrected chi connectivity index (χ1v) is 16.2. The van der Waals surface area contributed by atoms with E-state index in [0.29, 0.717) is 65.2 Å². The lowest BCUT2D eigenvalue weighted by atomic mass is 9.94. The monoisotopic (exact) mass is 639 g/mol. The highest BCUT2D eigenvalue weighted by Gasteiger charge is 2.49. The number of nitrogens with zero attached hydrogens (tertiary/aromatic N) is 6. The number of alkyl halides is 1. The summed E-state index contributed by atoms with van der Waals surface area (Å²) in [6.45, 7) is 4.13. The van der Waals surface area contributed by atoms with E-state index in [9.17, 15) is 14.6 Å². The van der Waals surface area contributed by atoms with E-state index in [1.807, 2.05) is 4.90 Å². The number of aromatic amines is 1. The summed E-state index contributed by atoms with van der Waals surface area (Å²) in [5.41, 5.74) is 0.649. The average molecular weight is 640 g/mol. The van der Waals surface area contributed by atoms with Crippen LogP contribution in [0.3, 0.4) is 0 Å². The smallest absolute Gasteiger partial charge is 0.319 e. The Kier molecular flexibility index (Phi) is 6.94. The molecule has 4 fully saturated rings. The lowest BCUT2D eigenvalue weighted by molar-refractivity contribution is 0.0447. The molecule has 0 radical (unpaired) electrons. The first-order chi connectivity index (χ1) is 21.7. The minimum absolute atomic E-state index is 0.00427. The van der Waals surface area contributed by atoms with Gasteiger partial charge in [-0.3, -0.25) is 15.0 Å². The van der Waals surface area contributed by atoms with E-state index in [1.165, 1.54) is 0 Å². The number of hydrogen-bond acceptors (Lipinski definition) is 9. The molecule has 1 saturated carbocycles. The Morgan fingerprint density at radius 2 is 2.02 bits per heavy atom. The maximum atomic E-state index is 17.0. The van der Waals surface area contributed by atoms with E-state index in [0.717, 1.165) is 37.8 Å². The van der Waals surface area contributed by atoms with Crippen molar-refractivity contribution in [2.24, 2.45) is 5.92 Å². The fourth-order valence-electron chi connectivity index (χ4n) is 8.04. The van der Waals surface area contributed by atoms with Gasteiger partial charge in [-0.15, -0.1) is 0 Å². The molecular formula is C32H36ClF2N7O3. The number of piperidine rings is 1. The normalized spacial score (nSPS) is 30.0. The van der Waals surface area contributed by atoms with Gasteiger partial charge in [-0.25, -0.2) is 8.78 Å². The minimum Gasteiger partial charge on any atom is -0.461 e. The quantitative estimate of drug-likeness (QED) is 0.263. The maximum absolute atomic E-state index is 17.0. The zero-order chi connectivity index (χ0) is 31.1. The summed E-state index contributed by atoms with van der Waals surface area (Å²) in [4.78, 5) is 18.1. The fourth-order valence-corrected chi connectivity index (χ4v) is 8.39. The largest absolute Gasteiger partial charge is 0.461 e. The molecule has 0 bridgehead atoms. The molecule has 6 heterocycles. The van der Waals surface area contributed by atoms with Gasteiger partial charge >= 0.3 is 6.01 Å². The van der Waals surface area contributed by atoms with Gasteiger partial charge in [-0.05, 0) is 69.0 Å². The van der Waals surface area contributed by atoms with Crippen LogP contribution in [-0.2, 0) is 0 Å². The molecule has 3 saturated heterocycles. The SMILES string of the molecule is C[C@@]1(O)CCCN(c2nc(OC[C@@]34CCCN3C[C@H](F)C4)nc3c(F)c(-c4c([C@@H]5C[C@@H]5CO)c(Cl)cc5[nH]ncc45)ncc23)C1. The number of aliphatic hydroxyl groups excluding tert-OH is 1. The van der Waals surface area contributed by atoms with Crippen LogP contribution >= 0.6 is 11.6 Å². The standard InChI is InChI=1S/C32H36ClF2N7O3/c1-31(44)4-2-6-41(15-31)29-21-11-36-28(25-20-12-37-40-23(20)9-22(33)24(25)19-8-17(19)14-43)26(35)27(21)38-30(39-29)45-16-32-5-3-7-42(32)13-18(34)10-32/h9,11-12,17-19,43-44H,2-8,10,13-16H2,1H3,(H,37,40)/t17-,18-,19-,31-,32+/m1/s1. The van der Waals surface area contributed by atoms with E-state index in [-0.39, 0.29) is 42.3 Å². The number of fused-ring (bicyclic) bond motifs is 3. The summed E-state index contributed by atoms with van der Waals surface area (Å²) < 4.78 is 37.7. The van der Waals surface area contributed by atoms with Crippen molar-refractivity contribution in [3.8, 4) is 17.3 Å². The van der Waals surface area contributed by atoms with Gasteiger partial charge in [0, 0.05) is 54.8 Å². The van der Waals surface area contributed by atoms with Crippen molar-refractivity contribution in [3.05, 3.63) is 34.9 Å². The van der Waals surface area contributed by atoms with Crippen LogP contribution in [0.4, 0.5) is 14.6 Å². The van der Waals surface area contributed by atoms with Crippen LogP contribution in [0.1, 0.15) is 56.9 Å². The van der Waals surface area contributed by atoms with Crippen LogP contribution in [0.25, 0.3) is 33.1 Å². The van der Waals surface area contributed by atoms with Gasteiger partial charge in [0.25, 0.3) is 0 Å². The third kappa shape index (κ3) is 4.92. The lowest BCUT2D eigenvalue weighted by Gasteiger charge is -2.38. The first-order valence-electron chi connectivity index (χ1n) is 15.8. The zero-order valence-electron chi connectivity index (χ0n) is 25.1. The summed E-state index contributed by atoms with van der Waals surface area (Å²) in [6.07, 6.45) is 6.58. The van der Waals surface area contributed by atoms with E-state index in [2.05, 4.69) is 25.1 Å². The summed E-state index contributed by atoms with van der Waals surface area (Å²) in [5.74, 6) is -0.222. The number of benzene rings is 1. The topological polar surface area (TPSA) is 124 Å². The first kappa shape index (κ1) is 29.2. The van der Waals surface area contributed by atoms with Crippen molar-refractivity contribution >= 4 is 39.2 Å². The Morgan fingerprint density at radius 1 is 1.18 bits per heavy atom. The Labute approximate surface area is 263 Å². The number of ether oxygens (including phenoxy) is 1. The molecule has 0 spiro atoms. The Bertz CT molecular complexity index is 1800. The third-order valence-electron chi connectivity index (χ3n) is 10.3. The van der Waals surface area contributed by atoms with Crippen molar-refractivity contribution in [2.45, 2.75) is 68.7 Å². The summed E-state index contributed by atoms with van der Waals surface area (Å²) in [7, 11) is 0. The van der Waals surface area contributed by atoms with Crippen molar-refractivity contribution in [3.63, 3.8) is 0 Å². The minimum atomic E-state index is -0.943. The number of nitrogens with one attached hydrogen (secondary N) is 1. The van der Waals surface area contributed by atoms with Crippen LogP contribution in [0.5, 0.6) is 6.01 Å². The van der Waals surface area contributed by atoms with E-state index in [4.69, 9.17) is 21.3 Å². The van der Waals surface area contributed by atoms with Crippen LogP contribution in [0.2, 0.25) is 5.02 Å². The number of aromatic nitrogens is 5. The van der Waals surface area contributed by atoms with Crippen LogP contribution in [-0.4, -0.2) is 97.0 Å². The highest BCUT2D eigenvalue weighted by molar-refractivity contribution is 6.33. The number of rotatable bonds is 7. The molecule has 3 aromatic heterocycles. The maximum Gasteiger partial charge on any atom is 0.319 e. The van der Waals surface area contributed by atoms with E-state index < -0.39 is 23.1 Å². The molecule has 5 atom stereocenters. The Balaban J connectivity index is 1.27. The van der Waals surface area contributed by atoms with Gasteiger partial charge in [-0.2, -0.15) is 15.1 Å². The van der Waals surface area contributed by atoms with Gasteiger partial charge in [0.15, 0.2) is 5.82 Å². The second-order valence-electron chi connectivity index (χ2n) is 13.7. The van der Waals surface area contributed by atoms with Crippen molar-refractivity contribution in [2.75, 3.05) is 44.3 Å². The molecule has 13 heteroatoms. The zero-order valence-corrected chi connectivity index (χ0v) is 25.8. The second kappa shape index (κ2) is 10.7. The molecule has 4 aliphatic rings. The molecule has 0 unspecified atom stereocenters. The van der Waals surface area contributed by atoms with Crippen molar-refractivity contribution < 1.29 is 23.7 Å². The van der Waals surface area contributed by atoms with Gasteiger partial charge in [0.1, 0.15) is 29.8 Å². The number of anilines is 1. The number of pyridine rings is 1. The number of hydrogen-bond donors (Lipinski definition) is 3. The highest BCUT2D eigenvalue weighted by atomic mass is 35.5. The average Bonchev–Trinajstić information content (AvgIpc) is 3.26. The molecule has 3 aliphatic heterocycles. The van der Waals surface area contributed by atoms with Gasteiger partial charge in [-0.1, -0.05) is 11.6 Å². The molecule has 45 heavy (non-hydrogen) atoms. The van der Waals surface area contributed by atoms with Crippen LogP contribution in [0.15, 0.2) is 18.5 Å². The molecule has 8 rings (SSSR count). The molecule has 10 nitrogen and oxygen atoms in total. The summed E-state index contributed by atoms with van der Waals surface area (Å²) in [6, 6.07) is 1.78. The third-order valence-corrected chi connectivity index (χ3v) is 10.7. The van der Waals surface area contributed by atoms with Crippen LogP contribution < -0.4 is 9.64 Å². The predicted octanol–water partition coefficient (Wildman–Crippen LogP) is 4.76. The molecule has 0 amide bonds. The fraction of sp³-hybridized carbons (Fsp3) is 0.562. The molecule has 4 aromatic rings. The van der Waals surface area contributed by atoms with Gasteiger partial charge < -0.3 is 19.8 Å². The van der Waals surface area contributed by atoms with E-state index in [1.54, 1.807) is 25.4 Å². The van der Waals surface area contributed by atoms with Crippen LogP contribution in [0, 0.1) is 11.7 Å². The Morgan fingerprint density at radius 3 is 2.82 bits per heavy atom. The summed E-state index contributed by atoms with van der Waals surface area (Å²) >= 11 is 6.79. The van der Waals surface area contributed by atoms with Crippen molar-refractivity contribution in [1.29, 1.82) is 0 Å². The highest BCUT2D eigenvalue weighted by Crippen LogP contribution is 2.54. The predicted molar refractivity (Wildman–Crippen MR) is 166 cm³/mol. The molecule has 238 valence electrons. The number of aliphatic hydroxyl groups is 2. The van der Waals surface area contributed by atoms with Gasteiger partial charge in [0.2, 0.25) is 0 Å². The lowest BCUT2D eigenvalue weighted by Crippen LogP contribution is -2.46. The number of β-amino-alcohol motifs (C(OH)–C–C–N with tert-alkyl or cyclic N) is 1. The molecule has 1 aliphatic carbocycles. The number of halogens is 3. The van der Waals surface area contributed by atoms with Gasteiger partial charge in [0.05, 0.1) is 28.2 Å². The Hall–Kier alpha value is -3.19. The number of H-pyrrole nitrogens is 1. The molecular weight excluding hydrogens is 604 g/mol. The molecule has 1 aromatic carbocycles. The van der Waals surface area contributed by atoms with Crippen molar-refractivity contribution in [1.82, 2.24) is 30.0 Å². The summed E-state index contributed by atoms with van der Waals surface area (Å²) in [5, 5.41) is 29.4. The second-order valence-corrected chi connectivity index (χ2v) is 14.1. The molecule has 3 N–H and O–H groups in total.